The molecule has 1 saturated carbocycles. The molecular weight excluding hydrogens is 168 g/mol. The summed E-state index contributed by atoms with van der Waals surface area (Å²) in [5, 5.41) is 0. The van der Waals surface area contributed by atoms with Crippen molar-refractivity contribution < 1.29 is 0 Å². The number of benzene rings is 1. The third-order valence-electron chi connectivity index (χ3n) is 3.43. The lowest BCUT2D eigenvalue weighted by Gasteiger charge is -2.18. The Morgan fingerprint density at radius 1 is 1.07 bits per heavy atom. The van der Waals surface area contributed by atoms with Crippen molar-refractivity contribution in [1.82, 2.24) is 0 Å². The Kier molecular flexibility index (Phi) is 4.19. The van der Waals surface area contributed by atoms with E-state index in [-0.39, 0.29) is 7.43 Å². The van der Waals surface area contributed by atoms with Gasteiger partial charge in [-0.25, -0.2) is 0 Å². The van der Waals surface area contributed by atoms with Crippen molar-refractivity contribution in [1.29, 1.82) is 0 Å². The zero-order valence-corrected chi connectivity index (χ0v) is 8.37. The lowest BCUT2D eigenvalue weighted by molar-refractivity contribution is 0.461. The molecule has 0 aromatic heterocycles. The molecule has 0 aliphatic heterocycles. The van der Waals surface area contributed by atoms with E-state index in [2.05, 4.69) is 37.3 Å². The molecule has 14 heavy (non-hydrogen) atoms. The Morgan fingerprint density at radius 3 is 2.21 bits per heavy atom. The van der Waals surface area contributed by atoms with E-state index in [1.807, 2.05) is 0 Å². The Morgan fingerprint density at radius 2 is 1.64 bits per heavy atom. The maximum Gasteiger partial charge on any atom is -0.0162 e. The molecule has 2 rings (SSSR count). The van der Waals surface area contributed by atoms with Crippen molar-refractivity contribution in [3.8, 4) is 0 Å². The maximum absolute atomic E-state index is 2.38. The van der Waals surface area contributed by atoms with Crippen molar-refractivity contribution in [3.05, 3.63) is 35.9 Å². The second kappa shape index (κ2) is 5.19. The molecule has 1 atom stereocenters. The minimum absolute atomic E-state index is 0. The third kappa shape index (κ3) is 2.37. The van der Waals surface area contributed by atoms with Crippen molar-refractivity contribution in [3.63, 3.8) is 0 Å². The second-order valence-corrected chi connectivity index (χ2v) is 4.24. The first-order valence-corrected chi connectivity index (χ1v) is 5.43. The SMILES string of the molecule is C.CC(c1ccccc1)C1CCCC1. The monoisotopic (exact) mass is 190 g/mol. The molecular formula is C14H22. The Labute approximate surface area is 88.4 Å². The van der Waals surface area contributed by atoms with Gasteiger partial charge in [-0.1, -0.05) is 57.5 Å². The van der Waals surface area contributed by atoms with E-state index in [0.717, 1.165) is 11.8 Å². The summed E-state index contributed by atoms with van der Waals surface area (Å²) in [7, 11) is 0. The van der Waals surface area contributed by atoms with Crippen LogP contribution in [0.25, 0.3) is 0 Å². The Hall–Kier alpha value is -0.780. The third-order valence-corrected chi connectivity index (χ3v) is 3.43. The first-order valence-electron chi connectivity index (χ1n) is 5.43. The molecule has 0 N–H and O–H groups in total. The molecule has 0 heterocycles. The molecule has 1 fully saturated rings. The summed E-state index contributed by atoms with van der Waals surface area (Å²) in [6.45, 7) is 2.38. The van der Waals surface area contributed by atoms with E-state index < -0.39 is 0 Å². The van der Waals surface area contributed by atoms with Crippen LogP contribution in [0.1, 0.15) is 51.5 Å². The number of hydrogen-bond donors (Lipinski definition) is 0. The van der Waals surface area contributed by atoms with Crippen LogP contribution in [-0.4, -0.2) is 0 Å². The van der Waals surface area contributed by atoms with Gasteiger partial charge in [0.25, 0.3) is 0 Å². The van der Waals surface area contributed by atoms with Crippen LogP contribution in [0.15, 0.2) is 30.3 Å². The highest BCUT2D eigenvalue weighted by atomic mass is 14.3. The van der Waals surface area contributed by atoms with Crippen LogP contribution in [0.5, 0.6) is 0 Å². The first kappa shape index (κ1) is 11.3. The van der Waals surface area contributed by atoms with Crippen LogP contribution in [-0.2, 0) is 0 Å². The summed E-state index contributed by atoms with van der Waals surface area (Å²) in [5.41, 5.74) is 1.52. The van der Waals surface area contributed by atoms with Crippen LogP contribution in [0.2, 0.25) is 0 Å². The van der Waals surface area contributed by atoms with Gasteiger partial charge in [-0.05, 0) is 30.2 Å². The highest BCUT2D eigenvalue weighted by molar-refractivity contribution is 5.19. The molecule has 1 aliphatic rings. The van der Waals surface area contributed by atoms with Crippen LogP contribution < -0.4 is 0 Å². The Balaban J connectivity index is 0.000000980. The van der Waals surface area contributed by atoms with Gasteiger partial charge in [0.05, 0.1) is 0 Å². The van der Waals surface area contributed by atoms with Gasteiger partial charge < -0.3 is 0 Å². The van der Waals surface area contributed by atoms with E-state index >= 15 is 0 Å². The average Bonchev–Trinajstić information content (AvgIpc) is 2.71. The average molecular weight is 190 g/mol. The summed E-state index contributed by atoms with van der Waals surface area (Å²) in [6, 6.07) is 10.9. The lowest BCUT2D eigenvalue weighted by Crippen LogP contribution is -2.05. The van der Waals surface area contributed by atoms with Gasteiger partial charge in [-0.3, -0.25) is 0 Å². The second-order valence-electron chi connectivity index (χ2n) is 4.24. The first-order chi connectivity index (χ1) is 6.38. The molecule has 0 radical (unpaired) electrons. The molecule has 1 aromatic rings. The molecule has 0 bridgehead atoms. The predicted molar refractivity (Wildman–Crippen MR) is 63.5 cm³/mol. The largest absolute Gasteiger partial charge is 0.0776 e. The summed E-state index contributed by atoms with van der Waals surface area (Å²) in [5.74, 6) is 1.71. The molecule has 0 nitrogen and oxygen atoms in total. The smallest absolute Gasteiger partial charge is 0.0162 e. The molecule has 1 unspecified atom stereocenters. The van der Waals surface area contributed by atoms with E-state index in [1.165, 1.54) is 31.2 Å². The topological polar surface area (TPSA) is 0 Å². The van der Waals surface area contributed by atoms with Crippen LogP contribution in [0.4, 0.5) is 0 Å². The van der Waals surface area contributed by atoms with Crippen molar-refractivity contribution >= 4 is 0 Å². The Bertz CT molecular complexity index is 244. The van der Waals surface area contributed by atoms with Crippen LogP contribution >= 0.6 is 0 Å². The number of rotatable bonds is 2. The molecule has 0 saturated heterocycles. The molecule has 0 spiro atoms. The fourth-order valence-corrected chi connectivity index (χ4v) is 2.49. The molecule has 0 amide bonds. The van der Waals surface area contributed by atoms with Gasteiger partial charge in [-0.15, -0.1) is 0 Å². The predicted octanol–water partition coefficient (Wildman–Crippen LogP) is 4.62. The lowest BCUT2D eigenvalue weighted by atomic mass is 9.87. The van der Waals surface area contributed by atoms with Gasteiger partial charge in [0.1, 0.15) is 0 Å². The normalized spacial score (nSPS) is 18.9. The fraction of sp³-hybridized carbons (Fsp3) is 0.571. The molecule has 1 aromatic carbocycles. The minimum Gasteiger partial charge on any atom is -0.0776 e. The summed E-state index contributed by atoms with van der Waals surface area (Å²) in [4.78, 5) is 0. The molecule has 78 valence electrons. The van der Waals surface area contributed by atoms with Crippen molar-refractivity contribution in [2.75, 3.05) is 0 Å². The van der Waals surface area contributed by atoms with E-state index in [0.29, 0.717) is 0 Å². The van der Waals surface area contributed by atoms with Gasteiger partial charge in [0, 0.05) is 0 Å². The van der Waals surface area contributed by atoms with Gasteiger partial charge in [0.2, 0.25) is 0 Å². The van der Waals surface area contributed by atoms with E-state index in [1.54, 1.807) is 0 Å². The van der Waals surface area contributed by atoms with Crippen LogP contribution in [0, 0.1) is 5.92 Å². The summed E-state index contributed by atoms with van der Waals surface area (Å²) < 4.78 is 0. The van der Waals surface area contributed by atoms with Gasteiger partial charge in [0.15, 0.2) is 0 Å². The summed E-state index contributed by atoms with van der Waals surface area (Å²) in [6.07, 6.45) is 5.77. The zero-order valence-electron chi connectivity index (χ0n) is 8.37. The minimum atomic E-state index is 0. The fourth-order valence-electron chi connectivity index (χ4n) is 2.49. The van der Waals surface area contributed by atoms with Crippen LogP contribution in [0.3, 0.4) is 0 Å². The number of hydrogen-bond acceptors (Lipinski definition) is 0. The standard InChI is InChI=1S/C13H18.CH4/c1-11(13-9-5-6-10-13)12-7-3-2-4-8-12;/h2-4,7-8,11,13H,5-6,9-10H2,1H3;1H4. The van der Waals surface area contributed by atoms with Gasteiger partial charge >= 0.3 is 0 Å². The van der Waals surface area contributed by atoms with E-state index in [9.17, 15) is 0 Å². The highest BCUT2D eigenvalue weighted by Crippen LogP contribution is 2.36. The zero-order chi connectivity index (χ0) is 9.10. The van der Waals surface area contributed by atoms with Gasteiger partial charge in [-0.2, -0.15) is 0 Å². The molecule has 1 aliphatic carbocycles. The molecule has 0 heteroatoms. The van der Waals surface area contributed by atoms with E-state index in [4.69, 9.17) is 0 Å². The summed E-state index contributed by atoms with van der Waals surface area (Å²) >= 11 is 0. The highest BCUT2D eigenvalue weighted by Gasteiger charge is 2.22. The maximum atomic E-state index is 2.38. The quantitative estimate of drug-likeness (QED) is 0.638. The van der Waals surface area contributed by atoms with Crippen molar-refractivity contribution in [2.45, 2.75) is 46.0 Å². The van der Waals surface area contributed by atoms with Crippen molar-refractivity contribution in [2.24, 2.45) is 5.92 Å².